The van der Waals surface area contributed by atoms with Gasteiger partial charge in [-0.05, 0) is 13.0 Å². The lowest BCUT2D eigenvalue weighted by molar-refractivity contribution is -0.423. The Hall–Kier alpha value is -2.05. The second kappa shape index (κ2) is 3.36. The summed E-state index contributed by atoms with van der Waals surface area (Å²) in [7, 11) is 0. The highest BCUT2D eigenvalue weighted by Crippen LogP contribution is 2.31. The Labute approximate surface area is 77.3 Å². The van der Waals surface area contributed by atoms with Crippen LogP contribution in [0, 0.1) is 33.0 Å². The first-order chi connectivity index (χ1) is 6.45. The van der Waals surface area contributed by atoms with Crippen LogP contribution in [0.25, 0.3) is 0 Å². The molecule has 0 unspecified atom stereocenters. The van der Waals surface area contributed by atoms with Crippen LogP contribution in [-0.2, 0) is 0 Å². The van der Waals surface area contributed by atoms with E-state index < -0.39 is 27.0 Å². The third-order valence-corrected chi connectivity index (χ3v) is 1.72. The minimum Gasteiger partial charge on any atom is -0.258 e. The van der Waals surface area contributed by atoms with E-state index >= 15 is 0 Å². The van der Waals surface area contributed by atoms with Gasteiger partial charge in [-0.15, -0.1) is 0 Å². The number of rotatable bonds is 2. The van der Waals surface area contributed by atoms with Crippen LogP contribution in [0.2, 0.25) is 0 Å². The van der Waals surface area contributed by atoms with Crippen molar-refractivity contribution in [1.82, 2.24) is 0 Å². The number of nitrogens with zero attached hydrogens (tertiary/aromatic N) is 2. The van der Waals surface area contributed by atoms with Crippen LogP contribution >= 0.6 is 0 Å². The summed E-state index contributed by atoms with van der Waals surface area (Å²) in [4.78, 5) is 18.9. The van der Waals surface area contributed by atoms with Gasteiger partial charge in [0.2, 0.25) is 0 Å². The van der Waals surface area contributed by atoms with Gasteiger partial charge < -0.3 is 0 Å². The number of benzene rings is 1. The molecule has 0 saturated heterocycles. The molecule has 1 aromatic carbocycles. The molecule has 1 rings (SSSR count). The van der Waals surface area contributed by atoms with Gasteiger partial charge in [-0.2, -0.15) is 0 Å². The van der Waals surface area contributed by atoms with E-state index in [1.807, 2.05) is 0 Å². The van der Waals surface area contributed by atoms with E-state index in [-0.39, 0.29) is 5.56 Å². The molecule has 7 heteroatoms. The zero-order valence-electron chi connectivity index (χ0n) is 7.06. The van der Waals surface area contributed by atoms with Crippen LogP contribution in [0.1, 0.15) is 5.56 Å². The predicted molar refractivity (Wildman–Crippen MR) is 44.4 cm³/mol. The van der Waals surface area contributed by atoms with Gasteiger partial charge in [0, 0.05) is 6.07 Å². The van der Waals surface area contributed by atoms with Crippen LogP contribution in [0.5, 0.6) is 0 Å². The quantitative estimate of drug-likeness (QED) is 0.539. The van der Waals surface area contributed by atoms with E-state index in [0.29, 0.717) is 0 Å². The van der Waals surface area contributed by atoms with Crippen molar-refractivity contribution in [3.05, 3.63) is 43.7 Å². The van der Waals surface area contributed by atoms with Gasteiger partial charge in [-0.3, -0.25) is 20.2 Å². The number of hydrogen-bond donors (Lipinski definition) is 0. The Morgan fingerprint density at radius 1 is 1.21 bits per heavy atom. The van der Waals surface area contributed by atoms with Gasteiger partial charge in [0.1, 0.15) is 5.82 Å². The third kappa shape index (κ3) is 1.51. The number of nitro groups is 2. The largest absolute Gasteiger partial charge is 0.351 e. The average molecular weight is 200 g/mol. The molecule has 0 saturated carbocycles. The lowest BCUT2D eigenvalue weighted by atomic mass is 10.1. The fourth-order valence-corrected chi connectivity index (χ4v) is 1.04. The summed E-state index contributed by atoms with van der Waals surface area (Å²) in [6.45, 7) is 1.13. The van der Waals surface area contributed by atoms with Crippen molar-refractivity contribution in [3.8, 4) is 0 Å². The van der Waals surface area contributed by atoms with Gasteiger partial charge in [-0.1, -0.05) is 0 Å². The van der Waals surface area contributed by atoms with Crippen LogP contribution in [-0.4, -0.2) is 9.85 Å². The molecule has 0 bridgehead atoms. The Morgan fingerprint density at radius 3 is 2.21 bits per heavy atom. The molecule has 1 aromatic rings. The van der Waals surface area contributed by atoms with Crippen molar-refractivity contribution in [1.29, 1.82) is 0 Å². The number of hydrogen-bond acceptors (Lipinski definition) is 4. The molecule has 14 heavy (non-hydrogen) atoms. The first-order valence-electron chi connectivity index (χ1n) is 3.53. The highest BCUT2D eigenvalue weighted by Gasteiger charge is 2.28. The number of nitro benzene ring substituents is 2. The number of halogens is 1. The van der Waals surface area contributed by atoms with E-state index in [4.69, 9.17) is 0 Å². The molecule has 0 aliphatic carbocycles. The maximum absolute atomic E-state index is 12.9. The van der Waals surface area contributed by atoms with E-state index in [0.717, 1.165) is 19.1 Å². The topological polar surface area (TPSA) is 86.3 Å². The highest BCUT2D eigenvalue weighted by atomic mass is 19.1. The molecule has 0 aromatic heterocycles. The first kappa shape index (κ1) is 10.0. The molecule has 6 nitrogen and oxygen atoms in total. The second-order valence-electron chi connectivity index (χ2n) is 2.55. The summed E-state index contributed by atoms with van der Waals surface area (Å²) >= 11 is 0. The van der Waals surface area contributed by atoms with E-state index in [1.165, 1.54) is 0 Å². The summed E-state index contributed by atoms with van der Waals surface area (Å²) in [6, 6.07) is 1.61. The van der Waals surface area contributed by atoms with Gasteiger partial charge in [0.25, 0.3) is 0 Å². The van der Waals surface area contributed by atoms with E-state index in [9.17, 15) is 24.6 Å². The Balaban J connectivity index is 3.53. The predicted octanol–water partition coefficient (Wildman–Crippen LogP) is 1.95. The van der Waals surface area contributed by atoms with Gasteiger partial charge in [0.05, 0.1) is 15.4 Å². The third-order valence-electron chi connectivity index (χ3n) is 1.72. The van der Waals surface area contributed by atoms with Crippen LogP contribution in [0.4, 0.5) is 15.8 Å². The fraction of sp³-hybridized carbons (Fsp3) is 0.143. The molecule has 0 fully saturated rings. The van der Waals surface area contributed by atoms with Gasteiger partial charge in [-0.25, -0.2) is 4.39 Å². The van der Waals surface area contributed by atoms with Crippen molar-refractivity contribution >= 4 is 11.4 Å². The SMILES string of the molecule is Cc1c(F)ccc([N+](=O)[O-])c1[N+](=O)[O-]. The minimum atomic E-state index is -0.962. The smallest absolute Gasteiger partial charge is 0.258 e. The molecule has 0 spiro atoms. The van der Waals surface area contributed by atoms with E-state index in [1.54, 1.807) is 0 Å². The molecule has 0 aliphatic heterocycles. The Morgan fingerprint density at radius 2 is 1.79 bits per heavy atom. The standard InChI is InChI=1S/C7H5FN2O4/c1-4-5(8)2-3-6(9(11)12)7(4)10(13)14/h2-3H,1H3. The van der Waals surface area contributed by atoms with Crippen molar-refractivity contribution in [2.75, 3.05) is 0 Å². The van der Waals surface area contributed by atoms with Crippen LogP contribution in [0.3, 0.4) is 0 Å². The van der Waals surface area contributed by atoms with Crippen LogP contribution < -0.4 is 0 Å². The summed E-state index contributed by atoms with van der Waals surface area (Å²) in [5.74, 6) is -0.831. The lowest BCUT2D eigenvalue weighted by Gasteiger charge is -1.98. The normalized spacial score (nSPS) is 9.86. The zero-order valence-corrected chi connectivity index (χ0v) is 7.06. The minimum absolute atomic E-state index is 0.329. The molecular weight excluding hydrogens is 195 g/mol. The van der Waals surface area contributed by atoms with Gasteiger partial charge >= 0.3 is 11.4 Å². The van der Waals surface area contributed by atoms with Gasteiger partial charge in [0.15, 0.2) is 0 Å². The molecule has 0 radical (unpaired) electrons. The fourth-order valence-electron chi connectivity index (χ4n) is 1.04. The average Bonchev–Trinajstić information content (AvgIpc) is 2.08. The van der Waals surface area contributed by atoms with Crippen molar-refractivity contribution < 1.29 is 14.2 Å². The van der Waals surface area contributed by atoms with Crippen molar-refractivity contribution in [2.45, 2.75) is 6.92 Å². The molecule has 0 atom stereocenters. The highest BCUT2D eigenvalue weighted by molar-refractivity contribution is 5.57. The molecular formula is C7H5FN2O4. The van der Waals surface area contributed by atoms with E-state index in [2.05, 4.69) is 0 Å². The monoisotopic (exact) mass is 200 g/mol. The molecule has 74 valence electrons. The van der Waals surface area contributed by atoms with Crippen LogP contribution in [0.15, 0.2) is 12.1 Å². The summed E-state index contributed by atoms with van der Waals surface area (Å²) in [5, 5.41) is 20.8. The zero-order chi connectivity index (χ0) is 10.9. The second-order valence-corrected chi connectivity index (χ2v) is 2.55. The Kier molecular flexibility index (Phi) is 2.41. The lowest BCUT2D eigenvalue weighted by Crippen LogP contribution is -2.00. The molecule has 0 amide bonds. The van der Waals surface area contributed by atoms with Crippen molar-refractivity contribution in [2.24, 2.45) is 0 Å². The molecule has 0 aliphatic rings. The summed E-state index contributed by atoms with van der Waals surface area (Å²) in [6.07, 6.45) is 0. The summed E-state index contributed by atoms with van der Waals surface area (Å²) < 4.78 is 12.9. The molecule has 0 N–H and O–H groups in total. The molecule has 0 heterocycles. The first-order valence-corrected chi connectivity index (χ1v) is 3.53. The summed E-state index contributed by atoms with van der Waals surface area (Å²) in [5.41, 5.74) is -1.83. The van der Waals surface area contributed by atoms with Crippen molar-refractivity contribution in [3.63, 3.8) is 0 Å². The maximum Gasteiger partial charge on any atom is 0.351 e. The Bertz CT molecular complexity index is 418. The maximum atomic E-state index is 12.9.